The van der Waals surface area contributed by atoms with Crippen molar-refractivity contribution in [3.05, 3.63) is 60.7 Å². The largest absolute Gasteiger partial charge is 0.419 e. The Hall–Kier alpha value is -2.64. The Kier molecular flexibility index (Phi) is 5.39. The summed E-state index contributed by atoms with van der Waals surface area (Å²) in [7, 11) is 0.0987. The first-order chi connectivity index (χ1) is 12.5. The minimum absolute atomic E-state index is 0.0960. The molecule has 0 saturated carbocycles. The van der Waals surface area contributed by atoms with Crippen molar-refractivity contribution in [2.24, 2.45) is 0 Å². The number of nitrogens with one attached hydrogen (secondary N) is 1. The van der Waals surface area contributed by atoms with E-state index >= 15 is 0 Å². The molecule has 0 saturated heterocycles. The maximum Gasteiger partial charge on any atom is 0.233 e. The van der Waals surface area contributed by atoms with E-state index in [1.54, 1.807) is 30.3 Å². The van der Waals surface area contributed by atoms with Crippen LogP contribution in [0.25, 0.3) is 11.5 Å². The standard InChI is InChI=1S/C19H21N3O3S/c1-22(2)14-13-20-18-19(26(23,24)16-11-7-4-8-12-16)21-17(25-18)15-9-5-3-6-10-15/h3-12,20H,13-14H2,1-2H3. The topological polar surface area (TPSA) is 75.4 Å². The summed E-state index contributed by atoms with van der Waals surface area (Å²) in [5.74, 6) is 0.432. The second-order valence-corrected chi connectivity index (χ2v) is 7.93. The van der Waals surface area contributed by atoms with Crippen LogP contribution in [0.15, 0.2) is 75.0 Å². The highest BCUT2D eigenvalue weighted by Crippen LogP contribution is 2.32. The molecule has 0 unspecified atom stereocenters. The summed E-state index contributed by atoms with van der Waals surface area (Å²) in [5, 5.41) is 2.96. The number of aromatic nitrogens is 1. The second-order valence-electron chi connectivity index (χ2n) is 6.07. The van der Waals surface area contributed by atoms with Gasteiger partial charge in [-0.1, -0.05) is 36.4 Å². The number of hydrogen-bond acceptors (Lipinski definition) is 6. The van der Waals surface area contributed by atoms with Gasteiger partial charge in [-0.25, -0.2) is 8.42 Å². The van der Waals surface area contributed by atoms with Gasteiger partial charge >= 0.3 is 0 Å². The van der Waals surface area contributed by atoms with Crippen LogP contribution >= 0.6 is 0 Å². The van der Waals surface area contributed by atoms with Gasteiger partial charge in [0.05, 0.1) is 4.90 Å². The fourth-order valence-corrected chi connectivity index (χ4v) is 3.71. The van der Waals surface area contributed by atoms with Gasteiger partial charge in [-0.05, 0) is 38.4 Å². The van der Waals surface area contributed by atoms with Crippen LogP contribution in [0.1, 0.15) is 0 Å². The number of oxazole rings is 1. The lowest BCUT2D eigenvalue weighted by molar-refractivity contribution is 0.423. The predicted octanol–water partition coefficient (Wildman–Crippen LogP) is 3.15. The molecule has 1 heterocycles. The monoisotopic (exact) mass is 371 g/mol. The summed E-state index contributed by atoms with van der Waals surface area (Å²) in [6.45, 7) is 1.26. The molecular formula is C19H21N3O3S. The van der Waals surface area contributed by atoms with Gasteiger partial charge < -0.3 is 14.6 Å². The minimum Gasteiger partial charge on any atom is -0.419 e. The molecule has 0 aliphatic rings. The Labute approximate surface area is 153 Å². The van der Waals surface area contributed by atoms with E-state index in [0.717, 1.165) is 12.1 Å². The maximum absolute atomic E-state index is 13.0. The average Bonchev–Trinajstić information content (AvgIpc) is 3.08. The van der Waals surface area contributed by atoms with E-state index < -0.39 is 9.84 Å². The zero-order valence-electron chi connectivity index (χ0n) is 14.7. The van der Waals surface area contributed by atoms with E-state index in [2.05, 4.69) is 10.3 Å². The average molecular weight is 371 g/mol. The lowest BCUT2D eigenvalue weighted by Gasteiger charge is -2.10. The molecule has 3 rings (SSSR count). The molecule has 0 spiro atoms. The molecule has 26 heavy (non-hydrogen) atoms. The Morgan fingerprint density at radius 1 is 1.00 bits per heavy atom. The first kappa shape index (κ1) is 18.2. The van der Waals surface area contributed by atoms with Gasteiger partial charge in [0.1, 0.15) is 0 Å². The molecule has 6 nitrogen and oxygen atoms in total. The molecular weight excluding hydrogens is 350 g/mol. The Morgan fingerprint density at radius 3 is 2.23 bits per heavy atom. The molecule has 0 bridgehead atoms. The number of hydrogen-bond donors (Lipinski definition) is 1. The summed E-state index contributed by atoms with van der Waals surface area (Å²) in [5.41, 5.74) is 0.720. The van der Waals surface area contributed by atoms with Crippen LogP contribution in [0, 0.1) is 0 Å². The number of sulfone groups is 1. The van der Waals surface area contributed by atoms with Crippen LogP contribution in [-0.4, -0.2) is 45.5 Å². The number of likely N-dealkylation sites (N-methyl/N-ethyl adjacent to an activating group) is 1. The smallest absolute Gasteiger partial charge is 0.233 e. The zero-order valence-corrected chi connectivity index (χ0v) is 15.5. The van der Waals surface area contributed by atoms with E-state index in [9.17, 15) is 8.42 Å². The van der Waals surface area contributed by atoms with Crippen molar-refractivity contribution in [3.8, 4) is 11.5 Å². The lowest BCUT2D eigenvalue weighted by atomic mass is 10.2. The summed E-state index contributed by atoms with van der Waals surface area (Å²) >= 11 is 0. The van der Waals surface area contributed by atoms with Crippen molar-refractivity contribution in [1.29, 1.82) is 0 Å². The van der Waals surface area contributed by atoms with Crippen molar-refractivity contribution in [1.82, 2.24) is 9.88 Å². The molecule has 136 valence electrons. The van der Waals surface area contributed by atoms with Gasteiger partial charge in [-0.3, -0.25) is 0 Å². The third-order valence-electron chi connectivity index (χ3n) is 3.77. The number of rotatable bonds is 7. The first-order valence-corrected chi connectivity index (χ1v) is 9.72. The molecule has 0 aliphatic heterocycles. The zero-order chi connectivity index (χ0) is 18.6. The molecule has 1 aromatic heterocycles. The molecule has 1 N–H and O–H groups in total. The maximum atomic E-state index is 13.0. The van der Waals surface area contributed by atoms with Gasteiger partial charge in [0.25, 0.3) is 0 Å². The van der Waals surface area contributed by atoms with Crippen LogP contribution in [0.2, 0.25) is 0 Å². The SMILES string of the molecule is CN(C)CCNc1oc(-c2ccccc2)nc1S(=O)(=O)c1ccccc1. The van der Waals surface area contributed by atoms with Crippen molar-refractivity contribution >= 4 is 15.7 Å². The van der Waals surface area contributed by atoms with E-state index in [-0.39, 0.29) is 21.7 Å². The highest BCUT2D eigenvalue weighted by Gasteiger charge is 2.28. The van der Waals surface area contributed by atoms with Crippen molar-refractivity contribution in [2.75, 3.05) is 32.5 Å². The lowest BCUT2D eigenvalue weighted by Crippen LogP contribution is -2.21. The summed E-state index contributed by atoms with van der Waals surface area (Å²) in [4.78, 5) is 6.47. The second kappa shape index (κ2) is 7.72. The van der Waals surface area contributed by atoms with Crippen LogP contribution in [0.4, 0.5) is 5.88 Å². The minimum atomic E-state index is -3.79. The number of anilines is 1. The van der Waals surface area contributed by atoms with E-state index in [1.165, 1.54) is 0 Å². The fourth-order valence-electron chi connectivity index (χ4n) is 2.41. The van der Waals surface area contributed by atoms with Gasteiger partial charge in [-0.15, -0.1) is 0 Å². The quantitative estimate of drug-likeness (QED) is 0.688. The molecule has 0 amide bonds. The third-order valence-corrected chi connectivity index (χ3v) is 5.45. The highest BCUT2D eigenvalue weighted by molar-refractivity contribution is 7.91. The third kappa shape index (κ3) is 3.95. The summed E-state index contributed by atoms with van der Waals surface area (Å²) in [6.07, 6.45) is 0. The highest BCUT2D eigenvalue weighted by atomic mass is 32.2. The molecule has 0 atom stereocenters. The Bertz CT molecular complexity index is 952. The van der Waals surface area contributed by atoms with Gasteiger partial charge in [-0.2, -0.15) is 4.98 Å². The van der Waals surface area contributed by atoms with Crippen LogP contribution < -0.4 is 5.32 Å². The number of nitrogens with zero attached hydrogens (tertiary/aromatic N) is 2. The first-order valence-electron chi connectivity index (χ1n) is 8.23. The van der Waals surface area contributed by atoms with Crippen molar-refractivity contribution in [2.45, 2.75) is 9.92 Å². The Morgan fingerprint density at radius 2 is 1.62 bits per heavy atom. The molecule has 7 heteroatoms. The molecule has 2 aromatic carbocycles. The number of benzene rings is 2. The van der Waals surface area contributed by atoms with E-state index in [4.69, 9.17) is 4.42 Å². The predicted molar refractivity (Wildman–Crippen MR) is 101 cm³/mol. The molecule has 0 aliphatic carbocycles. The van der Waals surface area contributed by atoms with Gasteiger partial charge in [0.15, 0.2) is 0 Å². The van der Waals surface area contributed by atoms with Gasteiger partial charge in [0.2, 0.25) is 26.6 Å². The van der Waals surface area contributed by atoms with Crippen LogP contribution in [-0.2, 0) is 9.84 Å². The summed E-state index contributed by atoms with van der Waals surface area (Å²) in [6, 6.07) is 17.5. The van der Waals surface area contributed by atoms with E-state index in [1.807, 2.05) is 49.3 Å². The fraction of sp³-hybridized carbons (Fsp3) is 0.211. The van der Waals surface area contributed by atoms with Crippen molar-refractivity contribution in [3.63, 3.8) is 0 Å². The molecule has 0 fully saturated rings. The van der Waals surface area contributed by atoms with Crippen LogP contribution in [0.5, 0.6) is 0 Å². The normalized spacial score (nSPS) is 11.7. The van der Waals surface area contributed by atoms with E-state index in [0.29, 0.717) is 6.54 Å². The van der Waals surface area contributed by atoms with Crippen LogP contribution in [0.3, 0.4) is 0 Å². The summed E-state index contributed by atoms with van der Waals surface area (Å²) < 4.78 is 31.8. The Balaban J connectivity index is 2.03. The molecule has 0 radical (unpaired) electrons. The van der Waals surface area contributed by atoms with Crippen molar-refractivity contribution < 1.29 is 12.8 Å². The van der Waals surface area contributed by atoms with Gasteiger partial charge in [0, 0.05) is 18.7 Å². The molecule has 3 aromatic rings.